The number of anilines is 1. The Bertz CT molecular complexity index is 1110. The number of hydrogen-bond acceptors (Lipinski definition) is 7. The summed E-state index contributed by atoms with van der Waals surface area (Å²) in [7, 11) is 1.59. The lowest BCUT2D eigenvalue weighted by Crippen LogP contribution is -2.48. The van der Waals surface area contributed by atoms with Crippen LogP contribution in [0.25, 0.3) is 0 Å². The first-order valence-electron chi connectivity index (χ1n) is 10.5. The minimum Gasteiger partial charge on any atom is -0.497 e. The largest absolute Gasteiger partial charge is 0.497 e. The molecule has 172 valence electrons. The van der Waals surface area contributed by atoms with E-state index in [0.717, 1.165) is 29.4 Å². The molecule has 0 aliphatic carbocycles. The monoisotopic (exact) mass is 485 g/mol. The average molecular weight is 486 g/mol. The quantitative estimate of drug-likeness (QED) is 0.552. The number of aromatic nitrogens is 2. The minimum absolute atomic E-state index is 0.0798. The third kappa shape index (κ3) is 6.07. The number of benzene rings is 2. The molecular formula is C23H24ClN5O3S. The topological polar surface area (TPSA) is 87.7 Å². The molecule has 1 aliphatic rings. The maximum absolute atomic E-state index is 12.6. The number of hydrogen-bond donors (Lipinski definition) is 1. The number of methoxy groups -OCH3 is 1. The van der Waals surface area contributed by atoms with E-state index in [1.54, 1.807) is 37.4 Å². The van der Waals surface area contributed by atoms with Crippen molar-refractivity contribution in [3.8, 4) is 5.75 Å². The molecule has 0 bridgehead atoms. The van der Waals surface area contributed by atoms with E-state index in [-0.39, 0.29) is 11.8 Å². The van der Waals surface area contributed by atoms with Gasteiger partial charge in [0.1, 0.15) is 10.8 Å². The van der Waals surface area contributed by atoms with E-state index in [9.17, 15) is 9.59 Å². The van der Waals surface area contributed by atoms with Gasteiger partial charge in [-0.25, -0.2) is 0 Å². The van der Waals surface area contributed by atoms with E-state index in [1.165, 1.54) is 11.3 Å². The number of nitrogens with zero attached hydrogens (tertiary/aromatic N) is 4. The Morgan fingerprint density at radius 1 is 1.06 bits per heavy atom. The third-order valence-corrected chi connectivity index (χ3v) is 6.67. The predicted octanol–water partition coefficient (Wildman–Crippen LogP) is 3.34. The SMILES string of the molecule is COc1ccc(NC(=O)c2nnc(CN3CCN(C(=O)Cc4ccccc4Cl)CC3)s2)cc1. The van der Waals surface area contributed by atoms with E-state index in [1.807, 2.05) is 23.1 Å². The van der Waals surface area contributed by atoms with Crippen LogP contribution in [0.15, 0.2) is 48.5 Å². The molecule has 2 heterocycles. The summed E-state index contributed by atoms with van der Waals surface area (Å²) >= 11 is 7.45. The summed E-state index contributed by atoms with van der Waals surface area (Å²) in [5.41, 5.74) is 1.51. The van der Waals surface area contributed by atoms with Crippen LogP contribution in [-0.2, 0) is 17.8 Å². The molecule has 8 nitrogen and oxygen atoms in total. The average Bonchev–Trinajstić information content (AvgIpc) is 3.30. The van der Waals surface area contributed by atoms with Crippen LogP contribution in [0.5, 0.6) is 5.75 Å². The van der Waals surface area contributed by atoms with Crippen molar-refractivity contribution in [2.24, 2.45) is 0 Å². The molecule has 3 aromatic rings. The van der Waals surface area contributed by atoms with Gasteiger partial charge < -0.3 is 15.0 Å². The summed E-state index contributed by atoms with van der Waals surface area (Å²) in [6, 6.07) is 14.5. The zero-order chi connectivity index (χ0) is 23.2. The Morgan fingerprint density at radius 3 is 2.48 bits per heavy atom. The Balaban J connectivity index is 1.25. The molecule has 0 unspecified atom stereocenters. The van der Waals surface area contributed by atoms with Gasteiger partial charge in [-0.05, 0) is 35.9 Å². The van der Waals surface area contributed by atoms with Gasteiger partial charge in [-0.2, -0.15) is 0 Å². The highest BCUT2D eigenvalue weighted by atomic mass is 35.5. The number of carbonyl (C=O) groups is 2. The minimum atomic E-state index is -0.293. The van der Waals surface area contributed by atoms with E-state index >= 15 is 0 Å². The smallest absolute Gasteiger partial charge is 0.286 e. The molecule has 1 N–H and O–H groups in total. The van der Waals surface area contributed by atoms with Crippen LogP contribution in [0.3, 0.4) is 0 Å². The van der Waals surface area contributed by atoms with Gasteiger partial charge in [0.05, 0.1) is 20.1 Å². The van der Waals surface area contributed by atoms with Crippen LogP contribution in [-0.4, -0.2) is 65.1 Å². The van der Waals surface area contributed by atoms with Crippen LogP contribution in [0, 0.1) is 0 Å². The molecule has 1 fully saturated rings. The number of piperazine rings is 1. The van der Waals surface area contributed by atoms with Crippen molar-refractivity contribution in [2.75, 3.05) is 38.6 Å². The third-order valence-electron chi connectivity index (χ3n) is 5.39. The van der Waals surface area contributed by atoms with Crippen molar-refractivity contribution in [1.82, 2.24) is 20.0 Å². The molecule has 4 rings (SSSR count). The fraction of sp³-hybridized carbons (Fsp3) is 0.304. The van der Waals surface area contributed by atoms with Crippen LogP contribution in [0.2, 0.25) is 5.02 Å². The lowest BCUT2D eigenvalue weighted by Gasteiger charge is -2.34. The second kappa shape index (κ2) is 10.7. The van der Waals surface area contributed by atoms with Gasteiger partial charge in [-0.1, -0.05) is 41.1 Å². The second-order valence-corrected chi connectivity index (χ2v) is 9.08. The lowest BCUT2D eigenvalue weighted by atomic mass is 10.1. The van der Waals surface area contributed by atoms with Gasteiger partial charge in [0.15, 0.2) is 0 Å². The van der Waals surface area contributed by atoms with Crippen LogP contribution in [0.1, 0.15) is 20.4 Å². The summed E-state index contributed by atoms with van der Waals surface area (Å²) in [6.07, 6.45) is 0.308. The number of carbonyl (C=O) groups excluding carboxylic acids is 2. The highest BCUT2D eigenvalue weighted by molar-refractivity contribution is 7.13. The first kappa shape index (κ1) is 23.2. The summed E-state index contributed by atoms with van der Waals surface area (Å²) in [5, 5.41) is 12.7. The van der Waals surface area contributed by atoms with Gasteiger partial charge in [0, 0.05) is 36.9 Å². The van der Waals surface area contributed by atoms with Gasteiger partial charge in [0.2, 0.25) is 10.9 Å². The normalized spacial score (nSPS) is 14.2. The van der Waals surface area contributed by atoms with Crippen LogP contribution < -0.4 is 10.1 Å². The zero-order valence-electron chi connectivity index (χ0n) is 18.2. The summed E-state index contributed by atoms with van der Waals surface area (Å²) in [4.78, 5) is 29.2. The molecule has 1 saturated heterocycles. The first-order valence-corrected chi connectivity index (χ1v) is 11.7. The van der Waals surface area contributed by atoms with Crippen molar-refractivity contribution >= 4 is 40.4 Å². The van der Waals surface area contributed by atoms with Gasteiger partial charge >= 0.3 is 0 Å². The van der Waals surface area contributed by atoms with Crippen molar-refractivity contribution in [3.05, 3.63) is 69.1 Å². The molecule has 0 spiro atoms. The summed E-state index contributed by atoms with van der Waals surface area (Å²) in [5.74, 6) is 0.506. The lowest BCUT2D eigenvalue weighted by molar-refractivity contribution is -0.132. The summed E-state index contributed by atoms with van der Waals surface area (Å²) < 4.78 is 5.12. The van der Waals surface area contributed by atoms with Crippen LogP contribution in [0.4, 0.5) is 5.69 Å². The molecule has 1 aliphatic heterocycles. The van der Waals surface area contributed by atoms with Crippen molar-refractivity contribution in [3.63, 3.8) is 0 Å². The molecule has 0 radical (unpaired) electrons. The van der Waals surface area contributed by atoms with Crippen LogP contribution >= 0.6 is 22.9 Å². The predicted molar refractivity (Wildman–Crippen MR) is 128 cm³/mol. The van der Waals surface area contributed by atoms with Gasteiger partial charge in [0.25, 0.3) is 5.91 Å². The molecule has 33 heavy (non-hydrogen) atoms. The van der Waals surface area contributed by atoms with Gasteiger partial charge in [-0.15, -0.1) is 10.2 Å². The molecular weight excluding hydrogens is 462 g/mol. The van der Waals surface area contributed by atoms with E-state index < -0.39 is 0 Å². The second-order valence-electron chi connectivity index (χ2n) is 7.61. The molecule has 0 atom stereocenters. The number of halogens is 1. The number of nitrogens with one attached hydrogen (secondary N) is 1. The first-order chi connectivity index (χ1) is 16.0. The Kier molecular flexibility index (Phi) is 7.54. The van der Waals surface area contributed by atoms with Crippen molar-refractivity contribution in [2.45, 2.75) is 13.0 Å². The van der Waals surface area contributed by atoms with Gasteiger partial charge in [-0.3, -0.25) is 14.5 Å². The van der Waals surface area contributed by atoms with E-state index in [2.05, 4.69) is 20.4 Å². The number of ether oxygens (including phenoxy) is 1. The molecule has 2 aromatic carbocycles. The van der Waals surface area contributed by atoms with E-state index in [0.29, 0.717) is 41.8 Å². The maximum atomic E-state index is 12.6. The Hall–Kier alpha value is -3.01. The standard InChI is InChI=1S/C23H24ClN5O3S/c1-32-18-8-6-17(7-9-18)25-22(31)23-27-26-20(33-23)15-28-10-12-29(13-11-28)21(30)14-16-4-2-3-5-19(16)24/h2-9H,10-15H2,1H3,(H,25,31). The highest BCUT2D eigenvalue weighted by Crippen LogP contribution is 2.19. The van der Waals surface area contributed by atoms with Crippen molar-refractivity contribution < 1.29 is 14.3 Å². The zero-order valence-corrected chi connectivity index (χ0v) is 19.7. The molecule has 10 heteroatoms. The number of rotatable bonds is 7. The Morgan fingerprint density at radius 2 is 1.79 bits per heavy atom. The molecule has 0 saturated carbocycles. The molecule has 1 aromatic heterocycles. The number of amides is 2. The summed E-state index contributed by atoms with van der Waals surface area (Å²) in [6.45, 7) is 3.36. The fourth-order valence-electron chi connectivity index (χ4n) is 3.53. The molecule has 2 amide bonds. The maximum Gasteiger partial charge on any atom is 0.286 e. The fourth-order valence-corrected chi connectivity index (χ4v) is 4.51. The Labute approximate surface area is 201 Å². The van der Waals surface area contributed by atoms with Crippen molar-refractivity contribution in [1.29, 1.82) is 0 Å². The van der Waals surface area contributed by atoms with E-state index in [4.69, 9.17) is 16.3 Å². The highest BCUT2D eigenvalue weighted by Gasteiger charge is 2.23.